The van der Waals surface area contributed by atoms with Crippen molar-refractivity contribution in [2.45, 2.75) is 48.4 Å². The van der Waals surface area contributed by atoms with Crippen molar-refractivity contribution in [1.29, 1.82) is 0 Å². The Labute approximate surface area is 133 Å². The van der Waals surface area contributed by atoms with E-state index in [1.807, 2.05) is 36.9 Å². The molecule has 0 aromatic heterocycles. The van der Waals surface area contributed by atoms with Gasteiger partial charge in [0.05, 0.1) is 16.4 Å². The summed E-state index contributed by atoms with van der Waals surface area (Å²) < 4.78 is 19.0. The van der Waals surface area contributed by atoms with E-state index >= 15 is 0 Å². The van der Waals surface area contributed by atoms with Gasteiger partial charge in [0.25, 0.3) is 0 Å². The summed E-state index contributed by atoms with van der Waals surface area (Å²) in [5.74, 6) is 2.33. The van der Waals surface area contributed by atoms with Crippen LogP contribution in [0.5, 0.6) is 0 Å². The molecule has 0 aliphatic carbocycles. The Hall–Kier alpha value is -0.520. The molecule has 3 rings (SSSR count). The van der Waals surface area contributed by atoms with Crippen molar-refractivity contribution in [2.24, 2.45) is 0 Å². The molecule has 2 unspecified atom stereocenters. The Morgan fingerprint density at radius 2 is 2.14 bits per heavy atom. The number of hydrogen-bond acceptors (Lipinski definition) is 4. The number of benzene rings is 1. The minimum absolute atomic E-state index is 0.00726. The van der Waals surface area contributed by atoms with E-state index < -0.39 is 10.8 Å². The third-order valence-electron chi connectivity index (χ3n) is 4.63. The average Bonchev–Trinajstić information content (AvgIpc) is 2.50. The predicted octanol–water partition coefficient (Wildman–Crippen LogP) is 3.13. The van der Waals surface area contributed by atoms with Crippen LogP contribution in [0.1, 0.15) is 31.2 Å². The van der Waals surface area contributed by atoms with Crippen LogP contribution in [0.25, 0.3) is 0 Å². The Bertz CT molecular complexity index is 536. The minimum atomic E-state index is -0.958. The van der Waals surface area contributed by atoms with Gasteiger partial charge in [0.1, 0.15) is 0 Å². The van der Waals surface area contributed by atoms with E-state index in [1.165, 1.54) is 11.5 Å². The zero-order chi connectivity index (χ0) is 14.9. The van der Waals surface area contributed by atoms with Crippen LogP contribution >= 0.6 is 11.8 Å². The van der Waals surface area contributed by atoms with Crippen LogP contribution in [0.15, 0.2) is 23.1 Å². The molecule has 2 saturated heterocycles. The van der Waals surface area contributed by atoms with Gasteiger partial charge in [0, 0.05) is 22.4 Å². The highest BCUT2D eigenvalue weighted by Crippen LogP contribution is 2.39. The largest absolute Gasteiger partial charge is 0.399 e. The molecular weight excluding hydrogens is 302 g/mol. The van der Waals surface area contributed by atoms with E-state index in [4.69, 9.17) is 10.5 Å². The highest BCUT2D eigenvalue weighted by Gasteiger charge is 2.40. The second-order valence-corrected chi connectivity index (χ2v) is 9.03. The zero-order valence-corrected chi connectivity index (χ0v) is 14.1. The fourth-order valence-electron chi connectivity index (χ4n) is 3.22. The van der Waals surface area contributed by atoms with Gasteiger partial charge < -0.3 is 10.5 Å². The lowest BCUT2D eigenvalue weighted by atomic mass is 9.88. The number of rotatable bonds is 2. The molecule has 2 aliphatic heterocycles. The Morgan fingerprint density at radius 3 is 2.86 bits per heavy atom. The van der Waals surface area contributed by atoms with E-state index in [1.54, 1.807) is 0 Å². The highest BCUT2D eigenvalue weighted by molar-refractivity contribution is 7.99. The van der Waals surface area contributed by atoms with E-state index in [0.29, 0.717) is 0 Å². The second-order valence-electron chi connectivity index (χ2n) is 6.07. The Balaban J connectivity index is 1.76. The third kappa shape index (κ3) is 3.30. The predicted molar refractivity (Wildman–Crippen MR) is 90.3 cm³/mol. The summed E-state index contributed by atoms with van der Waals surface area (Å²) in [6.07, 6.45) is 4.03. The SMILES string of the molecule is Cc1cc(S(=O)C2CCOC3(CCSCC3)C2)ccc1N. The summed E-state index contributed by atoms with van der Waals surface area (Å²) in [6.45, 7) is 2.72. The van der Waals surface area contributed by atoms with E-state index in [0.717, 1.165) is 48.4 Å². The summed E-state index contributed by atoms with van der Waals surface area (Å²) >= 11 is 2.00. The van der Waals surface area contributed by atoms with Crippen LogP contribution in [-0.4, -0.2) is 33.2 Å². The number of hydrogen-bond donors (Lipinski definition) is 1. The van der Waals surface area contributed by atoms with Crippen molar-refractivity contribution in [3.8, 4) is 0 Å². The molecule has 3 nitrogen and oxygen atoms in total. The van der Waals surface area contributed by atoms with Crippen molar-refractivity contribution in [3.05, 3.63) is 23.8 Å². The van der Waals surface area contributed by atoms with E-state index in [-0.39, 0.29) is 10.9 Å². The van der Waals surface area contributed by atoms with Crippen molar-refractivity contribution < 1.29 is 8.95 Å². The van der Waals surface area contributed by atoms with Gasteiger partial charge in [-0.2, -0.15) is 11.8 Å². The van der Waals surface area contributed by atoms with Gasteiger partial charge in [-0.05, 0) is 67.9 Å². The molecule has 2 fully saturated rings. The molecule has 0 saturated carbocycles. The maximum Gasteiger partial charge on any atom is 0.0709 e. The summed E-state index contributed by atoms with van der Waals surface area (Å²) in [5, 5.41) is 0.213. The number of ether oxygens (including phenoxy) is 1. The molecule has 5 heteroatoms. The lowest BCUT2D eigenvalue weighted by Gasteiger charge is -2.43. The topological polar surface area (TPSA) is 52.3 Å². The zero-order valence-electron chi connectivity index (χ0n) is 12.5. The van der Waals surface area contributed by atoms with Gasteiger partial charge in [-0.1, -0.05) is 0 Å². The first-order valence-electron chi connectivity index (χ1n) is 7.58. The van der Waals surface area contributed by atoms with Crippen LogP contribution in [0, 0.1) is 6.92 Å². The van der Waals surface area contributed by atoms with Gasteiger partial charge in [0.15, 0.2) is 0 Å². The van der Waals surface area contributed by atoms with Gasteiger partial charge in [0.2, 0.25) is 0 Å². The molecule has 1 aromatic rings. The quantitative estimate of drug-likeness (QED) is 0.849. The maximum atomic E-state index is 12.9. The molecule has 0 bridgehead atoms. The van der Waals surface area contributed by atoms with Gasteiger partial charge in [-0.3, -0.25) is 4.21 Å². The van der Waals surface area contributed by atoms with Crippen molar-refractivity contribution >= 4 is 28.2 Å². The molecular formula is C16H23NO2S2. The fourth-order valence-corrected chi connectivity index (χ4v) is 6.11. The monoisotopic (exact) mass is 325 g/mol. The van der Waals surface area contributed by atoms with Crippen molar-refractivity contribution in [1.82, 2.24) is 0 Å². The highest BCUT2D eigenvalue weighted by atomic mass is 32.2. The number of aryl methyl sites for hydroxylation is 1. The first-order chi connectivity index (χ1) is 10.1. The number of nitrogens with two attached hydrogens (primary N) is 1. The molecule has 0 amide bonds. The van der Waals surface area contributed by atoms with E-state index in [2.05, 4.69) is 0 Å². The van der Waals surface area contributed by atoms with Gasteiger partial charge in [-0.15, -0.1) is 0 Å². The minimum Gasteiger partial charge on any atom is -0.399 e. The number of anilines is 1. The molecule has 2 atom stereocenters. The molecule has 2 N–H and O–H groups in total. The van der Waals surface area contributed by atoms with Crippen LogP contribution in [0.2, 0.25) is 0 Å². The second kappa shape index (κ2) is 6.31. The van der Waals surface area contributed by atoms with Crippen LogP contribution in [0.3, 0.4) is 0 Å². The summed E-state index contributed by atoms with van der Waals surface area (Å²) in [4.78, 5) is 0.911. The summed E-state index contributed by atoms with van der Waals surface area (Å²) in [7, 11) is -0.958. The van der Waals surface area contributed by atoms with Crippen LogP contribution in [-0.2, 0) is 15.5 Å². The van der Waals surface area contributed by atoms with Gasteiger partial charge in [-0.25, -0.2) is 0 Å². The summed E-state index contributed by atoms with van der Waals surface area (Å²) in [6, 6.07) is 5.76. The standard InChI is InChI=1S/C16H23NO2S2/c1-12-10-13(2-3-15(12)17)21(18)14-4-7-19-16(11-14)5-8-20-9-6-16/h2-3,10,14H,4-9,11,17H2,1H3. The molecule has 21 heavy (non-hydrogen) atoms. The van der Waals surface area contributed by atoms with Gasteiger partial charge >= 0.3 is 0 Å². The van der Waals surface area contributed by atoms with Crippen molar-refractivity contribution in [3.63, 3.8) is 0 Å². The molecule has 116 valence electrons. The molecule has 2 aliphatic rings. The molecule has 1 spiro atoms. The first kappa shape index (κ1) is 15.4. The molecule has 1 aromatic carbocycles. The Kier molecular flexibility index (Phi) is 4.62. The number of thioether (sulfide) groups is 1. The molecule has 0 radical (unpaired) electrons. The fraction of sp³-hybridized carbons (Fsp3) is 0.625. The lowest BCUT2D eigenvalue weighted by molar-refractivity contribution is -0.0809. The lowest BCUT2D eigenvalue weighted by Crippen LogP contribution is -2.45. The molecule has 2 heterocycles. The van der Waals surface area contributed by atoms with Crippen molar-refractivity contribution in [2.75, 3.05) is 23.8 Å². The van der Waals surface area contributed by atoms with E-state index in [9.17, 15) is 4.21 Å². The summed E-state index contributed by atoms with van der Waals surface area (Å²) in [5.41, 5.74) is 7.63. The van der Waals surface area contributed by atoms with Crippen LogP contribution in [0.4, 0.5) is 5.69 Å². The Morgan fingerprint density at radius 1 is 1.38 bits per heavy atom. The average molecular weight is 325 g/mol. The normalized spacial score (nSPS) is 26.6. The smallest absolute Gasteiger partial charge is 0.0709 e. The number of nitrogen functional groups attached to an aromatic ring is 1. The first-order valence-corrected chi connectivity index (χ1v) is 9.95. The maximum absolute atomic E-state index is 12.9. The third-order valence-corrected chi connectivity index (χ3v) is 7.34. The van der Waals surface area contributed by atoms with Crippen LogP contribution < -0.4 is 5.73 Å².